The predicted octanol–water partition coefficient (Wildman–Crippen LogP) is 17.3. The number of halogens is 2. The molecule has 0 fully saturated rings. The van der Waals surface area contributed by atoms with Crippen LogP contribution in [0.3, 0.4) is 0 Å². The average Bonchev–Trinajstić information content (AvgIpc) is 3.46. The largest absolute Gasteiger partial charge is 3.00 e. The van der Waals surface area contributed by atoms with Crippen molar-refractivity contribution in [3.05, 3.63) is 257 Å². The first-order valence-corrected chi connectivity index (χ1v) is 25.8. The molecule has 10 rings (SSSR count). The van der Waals surface area contributed by atoms with Crippen LogP contribution in [0.25, 0.3) is 78.3 Å². The van der Waals surface area contributed by atoms with E-state index in [-0.39, 0.29) is 42.1 Å². The summed E-state index contributed by atoms with van der Waals surface area (Å²) in [5, 5.41) is 9.30. The van der Waals surface area contributed by atoms with Crippen LogP contribution in [0.2, 0.25) is 0 Å². The van der Waals surface area contributed by atoms with Crippen molar-refractivity contribution >= 4 is 0 Å². The number of nitriles is 1. The van der Waals surface area contributed by atoms with Crippen molar-refractivity contribution in [1.29, 1.82) is 5.26 Å². The second kappa shape index (κ2) is 23.1. The Morgan fingerprint density at radius 3 is 1.45 bits per heavy atom. The molecule has 0 unspecified atom stereocenters. The molecule has 0 saturated carbocycles. The zero-order chi connectivity index (χ0) is 53.0. The Morgan fingerprint density at radius 2 is 0.935 bits per heavy atom. The molecule has 77 heavy (non-hydrogen) atoms. The molecule has 0 saturated heterocycles. The minimum atomic E-state index is -1.15. The number of pyridine rings is 3. The second-order valence-corrected chi connectivity index (χ2v) is 21.5. The number of benzene rings is 7. The normalized spacial score (nSPS) is 11.5. The molecule has 0 aliphatic carbocycles. The van der Waals surface area contributed by atoms with Crippen molar-refractivity contribution in [2.75, 3.05) is 0 Å². The maximum absolute atomic E-state index is 15.3. The second-order valence-electron chi connectivity index (χ2n) is 21.5. The van der Waals surface area contributed by atoms with Gasteiger partial charge in [0.15, 0.2) is 11.6 Å². The van der Waals surface area contributed by atoms with E-state index in [1.54, 1.807) is 24.4 Å². The summed E-state index contributed by atoms with van der Waals surface area (Å²) in [6.07, 6.45) is 8.86. The van der Waals surface area contributed by atoms with E-state index < -0.39 is 11.6 Å². The third-order valence-corrected chi connectivity index (χ3v) is 14.1. The van der Waals surface area contributed by atoms with E-state index in [0.29, 0.717) is 5.56 Å². The summed E-state index contributed by atoms with van der Waals surface area (Å²) >= 11 is 0. The standard InChI is InChI=1S/C70H57F2N4.Ir/c1-69(2,3)57-34-37-75-65(43-57)52-22-18-46(19-23-52)14-16-48-39-49(17-15-47-20-24-53(25-21-47)66-44-58(35-38-76-66)70(4,5)6)41-56(40-48)59-11-7-8-12-61(59)62-33-30-54(64-13-9-10-36-74-64)42-63(62)51-28-26-50(27-29-51)60-32-31-55(45-73)67(71)68(60)72;/h7-13,18-22,24,26-29,31-44H,14-17H2,1-6H3;/q-3;+3. The molecule has 0 amide bonds. The average molecular weight is 1180 g/mol. The molecule has 380 valence electrons. The van der Waals surface area contributed by atoms with Crippen molar-refractivity contribution in [2.45, 2.75) is 78.1 Å². The zero-order valence-corrected chi connectivity index (χ0v) is 46.5. The van der Waals surface area contributed by atoms with Crippen LogP contribution < -0.4 is 0 Å². The maximum atomic E-state index is 15.3. The van der Waals surface area contributed by atoms with Gasteiger partial charge in [-0.2, -0.15) is 5.26 Å². The number of hydrogen-bond donors (Lipinski definition) is 0. The summed E-state index contributed by atoms with van der Waals surface area (Å²) in [6, 6.07) is 69.4. The van der Waals surface area contributed by atoms with Gasteiger partial charge in [0.1, 0.15) is 6.07 Å². The van der Waals surface area contributed by atoms with Gasteiger partial charge >= 0.3 is 20.1 Å². The third-order valence-electron chi connectivity index (χ3n) is 14.1. The van der Waals surface area contributed by atoms with Crippen LogP contribution in [0, 0.1) is 41.2 Å². The van der Waals surface area contributed by atoms with E-state index in [2.05, 4.69) is 184 Å². The first-order chi connectivity index (χ1) is 36.7. The van der Waals surface area contributed by atoms with E-state index >= 15 is 4.39 Å². The molecule has 3 heterocycles. The van der Waals surface area contributed by atoms with Gasteiger partial charge in [0, 0.05) is 24.2 Å². The van der Waals surface area contributed by atoms with Crippen LogP contribution in [-0.2, 0) is 56.6 Å². The fourth-order valence-electron chi connectivity index (χ4n) is 9.70. The van der Waals surface area contributed by atoms with Gasteiger partial charge in [-0.15, -0.1) is 94.5 Å². The number of aryl methyl sites for hydroxylation is 4. The molecule has 0 N–H and O–H groups in total. The van der Waals surface area contributed by atoms with Crippen molar-refractivity contribution in [3.63, 3.8) is 0 Å². The number of hydrogen-bond acceptors (Lipinski definition) is 4. The van der Waals surface area contributed by atoms with Crippen LogP contribution in [0.5, 0.6) is 0 Å². The molecular weight excluding hydrogens is 1130 g/mol. The summed E-state index contributed by atoms with van der Waals surface area (Å²) in [5.74, 6) is -2.20. The minimum Gasteiger partial charge on any atom is -0.305 e. The SMILES string of the molecule is CC(C)(C)c1ccnc(-c2[c-]cc(CCc3cc(CCc4c[c-]c(-c5cc(C(C)(C)C)ccn5)cc4)cc(-c4ccccc4-c4c[c-]c(-c5ccccn5)cc4-c4ccc(-c5ccc(C#N)c(F)c5F)cc4)c3)cc2)c1.[Ir+3]. The van der Waals surface area contributed by atoms with Crippen LogP contribution in [0.4, 0.5) is 8.78 Å². The summed E-state index contributed by atoms with van der Waals surface area (Å²) in [5.41, 5.74) is 19.0. The van der Waals surface area contributed by atoms with Crippen LogP contribution in [0.15, 0.2) is 188 Å². The molecule has 3 aromatic heterocycles. The first-order valence-electron chi connectivity index (χ1n) is 25.8. The zero-order valence-electron chi connectivity index (χ0n) is 44.1. The monoisotopic (exact) mass is 1180 g/mol. The maximum Gasteiger partial charge on any atom is 3.00 e. The number of nitrogens with zero attached hydrogens (tertiary/aromatic N) is 4. The van der Waals surface area contributed by atoms with Gasteiger partial charge in [0.2, 0.25) is 0 Å². The van der Waals surface area contributed by atoms with Gasteiger partial charge in [-0.25, -0.2) is 8.78 Å². The van der Waals surface area contributed by atoms with Gasteiger partial charge in [0.25, 0.3) is 0 Å². The quantitative estimate of drug-likeness (QED) is 0.108. The Kier molecular flexibility index (Phi) is 16.1. The molecule has 0 spiro atoms. The fraction of sp³-hybridized carbons (Fsp3) is 0.171. The van der Waals surface area contributed by atoms with E-state index in [9.17, 15) is 9.65 Å². The molecule has 7 heteroatoms. The van der Waals surface area contributed by atoms with Gasteiger partial charge in [0.05, 0.1) is 5.56 Å². The van der Waals surface area contributed by atoms with Crippen molar-refractivity contribution in [2.24, 2.45) is 0 Å². The van der Waals surface area contributed by atoms with Crippen LogP contribution >= 0.6 is 0 Å². The molecule has 0 aliphatic heterocycles. The molecule has 7 aromatic carbocycles. The molecule has 4 nitrogen and oxygen atoms in total. The van der Waals surface area contributed by atoms with Gasteiger partial charge in [-0.1, -0.05) is 162 Å². The molecule has 0 bridgehead atoms. The van der Waals surface area contributed by atoms with E-state index in [1.165, 1.54) is 45.5 Å². The van der Waals surface area contributed by atoms with Crippen LogP contribution in [0.1, 0.15) is 80.5 Å². The fourth-order valence-corrected chi connectivity index (χ4v) is 9.70. The topological polar surface area (TPSA) is 62.5 Å². The Balaban J connectivity index is 0.00000722. The van der Waals surface area contributed by atoms with Gasteiger partial charge < -0.3 is 15.0 Å². The predicted molar refractivity (Wildman–Crippen MR) is 304 cm³/mol. The number of aromatic nitrogens is 3. The van der Waals surface area contributed by atoms with E-state index in [1.807, 2.05) is 48.8 Å². The molecule has 10 aromatic rings. The van der Waals surface area contributed by atoms with E-state index in [0.717, 1.165) is 92.8 Å². The summed E-state index contributed by atoms with van der Waals surface area (Å²) < 4.78 is 30.1. The molecule has 0 atom stereocenters. The Labute approximate surface area is 466 Å². The summed E-state index contributed by atoms with van der Waals surface area (Å²) in [4.78, 5) is 14.0. The summed E-state index contributed by atoms with van der Waals surface area (Å²) in [7, 11) is 0. The Hall–Kier alpha value is -8.01. The molecule has 0 radical (unpaired) electrons. The first kappa shape index (κ1) is 53.8. The van der Waals surface area contributed by atoms with Crippen molar-refractivity contribution in [1.82, 2.24) is 15.0 Å². The van der Waals surface area contributed by atoms with Gasteiger partial charge in [-0.05, 0) is 116 Å². The third kappa shape index (κ3) is 12.3. The smallest absolute Gasteiger partial charge is 0.305 e. The number of rotatable bonds is 13. The van der Waals surface area contributed by atoms with Crippen LogP contribution in [-0.4, -0.2) is 15.0 Å². The van der Waals surface area contributed by atoms with Crippen molar-refractivity contribution in [3.8, 4) is 84.3 Å². The Bertz CT molecular complexity index is 3610. The van der Waals surface area contributed by atoms with E-state index in [4.69, 9.17) is 0 Å². The minimum absolute atomic E-state index is 0. The Morgan fingerprint density at radius 1 is 0.416 bits per heavy atom. The molecular formula is C70H57F2IrN4. The van der Waals surface area contributed by atoms with Gasteiger partial charge in [-0.3, -0.25) is 0 Å². The van der Waals surface area contributed by atoms with Crippen molar-refractivity contribution < 1.29 is 28.9 Å². The molecule has 0 aliphatic rings. The summed E-state index contributed by atoms with van der Waals surface area (Å²) in [6.45, 7) is 13.3.